The van der Waals surface area contributed by atoms with Crippen LogP contribution >= 0.6 is 35.6 Å². The summed E-state index contributed by atoms with van der Waals surface area (Å²) in [6.07, 6.45) is 0. The van der Waals surface area contributed by atoms with Crippen molar-refractivity contribution in [2.24, 2.45) is 4.99 Å². The quantitative estimate of drug-likeness (QED) is 0.389. The van der Waals surface area contributed by atoms with Gasteiger partial charge in [-0.3, -0.25) is 0 Å². The number of aliphatic imine (C=N–C) groups is 1. The predicted molar refractivity (Wildman–Crippen MR) is 110 cm³/mol. The monoisotopic (exact) mass is 472 g/mol. The first-order valence-corrected chi connectivity index (χ1v) is 7.95. The Morgan fingerprint density at radius 1 is 1.24 bits per heavy atom. The van der Waals surface area contributed by atoms with Crippen LogP contribution in [0.15, 0.2) is 47.5 Å². The van der Waals surface area contributed by atoms with Crippen LogP contribution in [0.3, 0.4) is 0 Å². The van der Waals surface area contributed by atoms with Crippen molar-refractivity contribution >= 4 is 41.5 Å². The molecule has 2 N–H and O–H groups in total. The third-order valence-electron chi connectivity index (χ3n) is 3.27. The molecule has 7 heteroatoms. The number of rotatable bonds is 5. The molecule has 0 aliphatic carbocycles. The number of nitriles is 1. The summed E-state index contributed by atoms with van der Waals surface area (Å²) in [7, 11) is 0. The molecule has 4 nitrogen and oxygen atoms in total. The lowest BCUT2D eigenvalue weighted by atomic mass is 10.1. The highest BCUT2D eigenvalue weighted by atomic mass is 127. The van der Waals surface area contributed by atoms with Gasteiger partial charge in [-0.2, -0.15) is 5.26 Å². The van der Waals surface area contributed by atoms with Gasteiger partial charge in [0.25, 0.3) is 0 Å². The first kappa shape index (κ1) is 21.2. The zero-order chi connectivity index (χ0) is 17.4. The van der Waals surface area contributed by atoms with Crippen LogP contribution < -0.4 is 10.6 Å². The predicted octanol–water partition coefficient (Wildman–Crippen LogP) is 4.22. The van der Waals surface area contributed by atoms with Gasteiger partial charge >= 0.3 is 0 Å². The molecule has 0 aliphatic rings. The summed E-state index contributed by atoms with van der Waals surface area (Å²) in [5.41, 5.74) is 1.83. The van der Waals surface area contributed by atoms with Gasteiger partial charge in [-0.05, 0) is 42.8 Å². The van der Waals surface area contributed by atoms with Gasteiger partial charge in [-0.15, -0.1) is 24.0 Å². The smallest absolute Gasteiger partial charge is 0.191 e. The second-order valence-electron chi connectivity index (χ2n) is 5.10. The van der Waals surface area contributed by atoms with Gasteiger partial charge in [0, 0.05) is 23.7 Å². The van der Waals surface area contributed by atoms with Crippen molar-refractivity contribution < 1.29 is 4.39 Å². The minimum absolute atomic E-state index is 0. The highest BCUT2D eigenvalue weighted by molar-refractivity contribution is 14.0. The van der Waals surface area contributed by atoms with Gasteiger partial charge in [-0.25, -0.2) is 9.38 Å². The van der Waals surface area contributed by atoms with Gasteiger partial charge in [0.1, 0.15) is 5.82 Å². The fraction of sp³-hybridized carbons (Fsp3) is 0.222. The molecular weight excluding hydrogens is 454 g/mol. The Hall–Kier alpha value is -1.85. The van der Waals surface area contributed by atoms with Gasteiger partial charge in [0.2, 0.25) is 0 Å². The summed E-state index contributed by atoms with van der Waals surface area (Å²) in [5.74, 6) is 0.214. The van der Waals surface area contributed by atoms with E-state index in [1.54, 1.807) is 0 Å². The molecule has 0 aliphatic heterocycles. The number of nitrogens with zero attached hydrogens (tertiary/aromatic N) is 2. The number of hydrogen-bond acceptors (Lipinski definition) is 2. The third kappa shape index (κ3) is 6.88. The molecule has 0 unspecified atom stereocenters. The largest absolute Gasteiger partial charge is 0.357 e. The maximum Gasteiger partial charge on any atom is 0.191 e. The minimum atomic E-state index is -0.354. The maximum absolute atomic E-state index is 13.8. The number of benzene rings is 2. The van der Waals surface area contributed by atoms with Gasteiger partial charge in [0.05, 0.1) is 18.2 Å². The maximum atomic E-state index is 13.8. The second-order valence-corrected chi connectivity index (χ2v) is 5.53. The lowest BCUT2D eigenvalue weighted by molar-refractivity contribution is 0.604. The molecule has 0 fully saturated rings. The first-order valence-electron chi connectivity index (χ1n) is 7.57. The van der Waals surface area contributed by atoms with Crippen LogP contribution in [0.2, 0.25) is 5.02 Å². The number of guanidine groups is 1. The summed E-state index contributed by atoms with van der Waals surface area (Å²) in [5, 5.41) is 15.7. The third-order valence-corrected chi connectivity index (χ3v) is 3.51. The molecular formula is C18H19ClFIN4. The molecule has 0 amide bonds. The molecule has 25 heavy (non-hydrogen) atoms. The van der Waals surface area contributed by atoms with E-state index in [9.17, 15) is 4.39 Å². The number of hydrogen-bond donors (Lipinski definition) is 2. The fourth-order valence-electron chi connectivity index (χ4n) is 2.11. The lowest BCUT2D eigenvalue weighted by Crippen LogP contribution is -2.37. The van der Waals surface area contributed by atoms with Crippen molar-refractivity contribution in [3.05, 3.63) is 70.0 Å². The SMILES string of the molecule is CCNC(=NCc1cccc(Cl)c1)NCc1cc(C#N)ccc1F.I. The van der Waals surface area contributed by atoms with Crippen molar-refractivity contribution in [1.29, 1.82) is 5.26 Å². The van der Waals surface area contributed by atoms with Crippen molar-refractivity contribution in [3.8, 4) is 6.07 Å². The standard InChI is InChI=1S/C18H18ClFN4.HI/c1-2-22-18(23-11-14-4-3-5-16(19)9-14)24-12-15-8-13(10-21)6-7-17(15)20;/h3-9H,2,11-12H2,1H3,(H2,22,23,24);1H. The molecule has 2 rings (SSSR count). The van der Waals surface area contributed by atoms with E-state index in [4.69, 9.17) is 16.9 Å². The molecule has 0 saturated heterocycles. The van der Waals surface area contributed by atoms with Gasteiger partial charge in [-0.1, -0.05) is 23.7 Å². The number of nitrogens with one attached hydrogen (secondary N) is 2. The molecule has 0 aromatic heterocycles. The van der Waals surface area contributed by atoms with Crippen LogP contribution in [0, 0.1) is 17.1 Å². The Balaban J connectivity index is 0.00000312. The number of halogens is 3. The Kier molecular flexibility index (Phi) is 9.24. The summed E-state index contributed by atoms with van der Waals surface area (Å²) in [6.45, 7) is 3.33. The lowest BCUT2D eigenvalue weighted by Gasteiger charge is -2.12. The van der Waals surface area contributed by atoms with Crippen molar-refractivity contribution in [1.82, 2.24) is 10.6 Å². The molecule has 0 saturated carbocycles. The second kappa shape index (κ2) is 10.9. The molecule has 0 heterocycles. The Bertz CT molecular complexity index is 774. The van der Waals surface area contributed by atoms with Crippen LogP contribution in [-0.2, 0) is 13.1 Å². The molecule has 0 spiro atoms. The fourth-order valence-corrected chi connectivity index (χ4v) is 2.32. The molecule has 132 valence electrons. The summed E-state index contributed by atoms with van der Waals surface area (Å²) >= 11 is 5.96. The zero-order valence-electron chi connectivity index (χ0n) is 13.7. The van der Waals surface area contributed by atoms with E-state index in [1.807, 2.05) is 37.3 Å². The van der Waals surface area contributed by atoms with Gasteiger partial charge in [0.15, 0.2) is 5.96 Å². The molecule has 2 aromatic carbocycles. The Labute approximate surface area is 169 Å². The summed E-state index contributed by atoms with van der Waals surface area (Å²) in [6, 6.07) is 13.8. The van der Waals surface area contributed by atoms with E-state index in [-0.39, 0.29) is 36.3 Å². The van der Waals surface area contributed by atoms with E-state index in [0.717, 1.165) is 5.56 Å². The van der Waals surface area contributed by atoms with Gasteiger partial charge < -0.3 is 10.6 Å². The average Bonchev–Trinajstić information content (AvgIpc) is 2.58. The molecule has 0 atom stereocenters. The highest BCUT2D eigenvalue weighted by Crippen LogP contribution is 2.12. The average molecular weight is 473 g/mol. The van der Waals surface area contributed by atoms with Crippen LogP contribution in [-0.4, -0.2) is 12.5 Å². The van der Waals surface area contributed by atoms with Crippen molar-refractivity contribution in [3.63, 3.8) is 0 Å². The van der Waals surface area contributed by atoms with E-state index in [2.05, 4.69) is 15.6 Å². The zero-order valence-corrected chi connectivity index (χ0v) is 16.8. The van der Waals surface area contributed by atoms with Crippen molar-refractivity contribution in [2.75, 3.05) is 6.54 Å². The van der Waals surface area contributed by atoms with Crippen LogP contribution in [0.5, 0.6) is 0 Å². The van der Waals surface area contributed by atoms with E-state index in [0.29, 0.717) is 35.2 Å². The van der Waals surface area contributed by atoms with E-state index in [1.165, 1.54) is 18.2 Å². The highest BCUT2D eigenvalue weighted by Gasteiger charge is 2.05. The Morgan fingerprint density at radius 3 is 2.72 bits per heavy atom. The van der Waals surface area contributed by atoms with Crippen LogP contribution in [0.4, 0.5) is 4.39 Å². The molecule has 0 bridgehead atoms. The normalized spacial score (nSPS) is 10.6. The summed E-state index contributed by atoms with van der Waals surface area (Å²) < 4.78 is 13.8. The Morgan fingerprint density at radius 2 is 2.04 bits per heavy atom. The van der Waals surface area contributed by atoms with Crippen LogP contribution in [0.25, 0.3) is 0 Å². The summed E-state index contributed by atoms with van der Waals surface area (Å²) in [4.78, 5) is 4.46. The van der Waals surface area contributed by atoms with E-state index >= 15 is 0 Å². The topological polar surface area (TPSA) is 60.2 Å². The minimum Gasteiger partial charge on any atom is -0.357 e. The molecule has 0 radical (unpaired) electrons. The van der Waals surface area contributed by atoms with Crippen molar-refractivity contribution in [2.45, 2.75) is 20.0 Å². The van der Waals surface area contributed by atoms with Crippen LogP contribution in [0.1, 0.15) is 23.6 Å². The van der Waals surface area contributed by atoms with E-state index < -0.39 is 0 Å². The first-order chi connectivity index (χ1) is 11.6. The molecule has 2 aromatic rings.